The molecule has 6 heteroatoms. The van der Waals surface area contributed by atoms with E-state index in [1.54, 1.807) is 10.9 Å². The minimum absolute atomic E-state index is 0. The maximum atomic E-state index is 11.8. The van der Waals surface area contributed by atoms with E-state index in [2.05, 4.69) is 15.7 Å². The van der Waals surface area contributed by atoms with Crippen LogP contribution in [0.5, 0.6) is 0 Å². The number of halogens is 1. The van der Waals surface area contributed by atoms with Crippen molar-refractivity contribution < 1.29 is 4.79 Å². The molecule has 1 amide bonds. The fourth-order valence-electron chi connectivity index (χ4n) is 1.48. The zero-order valence-corrected chi connectivity index (χ0v) is 11.6. The molecule has 1 heterocycles. The number of likely N-dealkylation sites (N-methyl/N-ethyl adjacent to an activating group) is 1. The largest absolute Gasteiger partial charge is 0.350 e. The maximum Gasteiger partial charge on any atom is 0.254 e. The third-order valence-electron chi connectivity index (χ3n) is 2.60. The van der Waals surface area contributed by atoms with Gasteiger partial charge in [-0.2, -0.15) is 5.10 Å². The van der Waals surface area contributed by atoms with Crippen molar-refractivity contribution in [3.8, 4) is 0 Å². The number of nitrogens with zero attached hydrogens (tertiary/aromatic N) is 2. The van der Waals surface area contributed by atoms with Gasteiger partial charge in [0.1, 0.15) is 0 Å². The molecule has 0 aromatic carbocycles. The number of aromatic nitrogens is 2. The monoisotopic (exact) mass is 260 g/mol. The van der Waals surface area contributed by atoms with Crippen LogP contribution >= 0.6 is 12.4 Å². The summed E-state index contributed by atoms with van der Waals surface area (Å²) in [6.07, 6.45) is 1.60. The maximum absolute atomic E-state index is 11.8. The Balaban J connectivity index is 0.00000256. The lowest BCUT2D eigenvalue weighted by Gasteiger charge is -2.12. The summed E-state index contributed by atoms with van der Waals surface area (Å²) in [7, 11) is 1.83. The summed E-state index contributed by atoms with van der Waals surface area (Å²) in [6.45, 7) is 7.50. The minimum atomic E-state index is -0.0599. The van der Waals surface area contributed by atoms with Crippen molar-refractivity contribution in [3.63, 3.8) is 0 Å². The highest BCUT2D eigenvalue weighted by atomic mass is 35.5. The van der Waals surface area contributed by atoms with Gasteiger partial charge < -0.3 is 10.6 Å². The molecule has 0 aliphatic carbocycles. The highest BCUT2D eigenvalue weighted by molar-refractivity contribution is 5.95. The third-order valence-corrected chi connectivity index (χ3v) is 2.60. The van der Waals surface area contributed by atoms with Crippen LogP contribution in [-0.4, -0.2) is 34.8 Å². The Labute approximate surface area is 108 Å². The highest BCUT2D eigenvalue weighted by Gasteiger charge is 2.12. The number of amides is 1. The minimum Gasteiger partial charge on any atom is -0.350 e. The molecule has 0 unspecified atom stereocenters. The Morgan fingerprint density at radius 1 is 1.59 bits per heavy atom. The van der Waals surface area contributed by atoms with Crippen molar-refractivity contribution in [1.82, 2.24) is 20.4 Å². The number of aryl methyl sites for hydroxylation is 1. The molecule has 0 radical (unpaired) electrons. The molecule has 98 valence electrons. The second-order valence-corrected chi connectivity index (χ2v) is 3.94. The van der Waals surface area contributed by atoms with E-state index >= 15 is 0 Å². The van der Waals surface area contributed by atoms with E-state index in [0.717, 1.165) is 12.2 Å². The summed E-state index contributed by atoms with van der Waals surface area (Å²) in [5.74, 6) is -0.0599. The molecule has 0 saturated carbocycles. The Kier molecular flexibility index (Phi) is 6.83. The first-order valence-corrected chi connectivity index (χ1v) is 5.56. The fourth-order valence-corrected chi connectivity index (χ4v) is 1.48. The van der Waals surface area contributed by atoms with Gasteiger partial charge in [0.25, 0.3) is 5.91 Å². The van der Waals surface area contributed by atoms with Crippen molar-refractivity contribution in [2.45, 2.75) is 26.8 Å². The van der Waals surface area contributed by atoms with Gasteiger partial charge in [0, 0.05) is 25.3 Å². The number of hydrogen-bond donors (Lipinski definition) is 2. The number of hydrogen-bond acceptors (Lipinski definition) is 3. The summed E-state index contributed by atoms with van der Waals surface area (Å²) >= 11 is 0. The molecule has 0 saturated heterocycles. The van der Waals surface area contributed by atoms with Crippen molar-refractivity contribution in [2.24, 2.45) is 7.05 Å². The molecule has 1 atom stereocenters. The molecule has 0 aliphatic heterocycles. The predicted octanol–water partition coefficient (Wildman–Crippen LogP) is 0.878. The second-order valence-electron chi connectivity index (χ2n) is 3.94. The number of carbonyl (C=O) groups is 1. The molecule has 2 N–H and O–H groups in total. The lowest BCUT2D eigenvalue weighted by Crippen LogP contribution is -2.38. The van der Waals surface area contributed by atoms with Crippen LogP contribution in [0.1, 0.15) is 29.9 Å². The van der Waals surface area contributed by atoms with Gasteiger partial charge in [0.05, 0.1) is 11.8 Å². The lowest BCUT2D eigenvalue weighted by molar-refractivity contribution is 0.0949. The SMILES string of the molecule is CCN[C@H](C)CNC(=O)c1cnn(C)c1C.Cl. The highest BCUT2D eigenvalue weighted by Crippen LogP contribution is 2.04. The Morgan fingerprint density at radius 3 is 2.71 bits per heavy atom. The second kappa shape index (κ2) is 7.29. The molecular formula is C11H21ClN4O. The Morgan fingerprint density at radius 2 is 2.24 bits per heavy atom. The van der Waals surface area contributed by atoms with Gasteiger partial charge in [0.15, 0.2) is 0 Å². The zero-order chi connectivity index (χ0) is 12.1. The summed E-state index contributed by atoms with van der Waals surface area (Å²) in [6, 6.07) is 0.283. The van der Waals surface area contributed by atoms with E-state index in [9.17, 15) is 4.79 Å². The molecule has 1 aromatic heterocycles. The van der Waals surface area contributed by atoms with Crippen LogP contribution in [-0.2, 0) is 7.05 Å². The quantitative estimate of drug-likeness (QED) is 0.826. The fraction of sp³-hybridized carbons (Fsp3) is 0.636. The molecule has 5 nitrogen and oxygen atoms in total. The zero-order valence-electron chi connectivity index (χ0n) is 10.8. The third kappa shape index (κ3) is 4.36. The normalized spacial score (nSPS) is 11.8. The molecule has 1 rings (SSSR count). The molecule has 0 fully saturated rings. The van der Waals surface area contributed by atoms with E-state index in [-0.39, 0.29) is 24.4 Å². The average molecular weight is 261 g/mol. The van der Waals surface area contributed by atoms with Crippen LogP contribution in [0.2, 0.25) is 0 Å². The standard InChI is InChI=1S/C11H20N4O.ClH/c1-5-12-8(2)6-13-11(16)10-7-14-15(4)9(10)3;/h7-8,12H,5-6H2,1-4H3,(H,13,16);1H/t8-;/m1./s1. The van der Waals surface area contributed by atoms with Crippen LogP contribution < -0.4 is 10.6 Å². The van der Waals surface area contributed by atoms with Gasteiger partial charge in [0.2, 0.25) is 0 Å². The van der Waals surface area contributed by atoms with Gasteiger partial charge >= 0.3 is 0 Å². The Hall–Kier alpha value is -1.07. The number of rotatable bonds is 5. The molecule has 1 aromatic rings. The smallest absolute Gasteiger partial charge is 0.254 e. The summed E-state index contributed by atoms with van der Waals surface area (Å²) in [5.41, 5.74) is 1.53. The van der Waals surface area contributed by atoms with Crippen molar-refractivity contribution in [3.05, 3.63) is 17.5 Å². The van der Waals surface area contributed by atoms with Gasteiger partial charge in [-0.15, -0.1) is 12.4 Å². The van der Waals surface area contributed by atoms with Crippen LogP contribution in [0.15, 0.2) is 6.20 Å². The lowest BCUT2D eigenvalue weighted by atomic mass is 10.2. The van der Waals surface area contributed by atoms with Gasteiger partial charge in [-0.05, 0) is 20.4 Å². The van der Waals surface area contributed by atoms with E-state index < -0.39 is 0 Å². The summed E-state index contributed by atoms with van der Waals surface area (Å²) in [4.78, 5) is 11.8. The van der Waals surface area contributed by atoms with E-state index in [4.69, 9.17) is 0 Å². The topological polar surface area (TPSA) is 58.9 Å². The molecule has 0 bridgehead atoms. The van der Waals surface area contributed by atoms with Gasteiger partial charge in [-0.3, -0.25) is 9.48 Å². The van der Waals surface area contributed by atoms with Crippen LogP contribution in [0, 0.1) is 6.92 Å². The van der Waals surface area contributed by atoms with Crippen molar-refractivity contribution in [1.29, 1.82) is 0 Å². The number of nitrogens with one attached hydrogen (secondary N) is 2. The van der Waals surface area contributed by atoms with Crippen molar-refractivity contribution in [2.75, 3.05) is 13.1 Å². The first-order chi connectivity index (χ1) is 7.56. The molecular weight excluding hydrogens is 240 g/mol. The van der Waals surface area contributed by atoms with Gasteiger partial charge in [-0.25, -0.2) is 0 Å². The van der Waals surface area contributed by atoms with Gasteiger partial charge in [-0.1, -0.05) is 6.92 Å². The first-order valence-electron chi connectivity index (χ1n) is 5.56. The molecule has 0 spiro atoms. The van der Waals surface area contributed by atoms with E-state index in [1.165, 1.54) is 0 Å². The Bertz CT molecular complexity index is 364. The average Bonchev–Trinajstić information content (AvgIpc) is 2.57. The molecule has 17 heavy (non-hydrogen) atoms. The summed E-state index contributed by atoms with van der Waals surface area (Å²) < 4.78 is 1.70. The van der Waals surface area contributed by atoms with Crippen LogP contribution in [0.4, 0.5) is 0 Å². The summed E-state index contributed by atoms with van der Waals surface area (Å²) in [5, 5.41) is 10.2. The van der Waals surface area contributed by atoms with E-state index in [1.807, 2.05) is 27.8 Å². The first kappa shape index (κ1) is 15.9. The van der Waals surface area contributed by atoms with E-state index in [0.29, 0.717) is 12.1 Å². The van der Waals surface area contributed by atoms with Crippen LogP contribution in [0.25, 0.3) is 0 Å². The predicted molar refractivity (Wildman–Crippen MR) is 70.7 cm³/mol. The van der Waals surface area contributed by atoms with Crippen molar-refractivity contribution >= 4 is 18.3 Å². The number of carbonyl (C=O) groups excluding carboxylic acids is 1. The molecule has 0 aliphatic rings. The van der Waals surface area contributed by atoms with Crippen LogP contribution in [0.3, 0.4) is 0 Å².